The molecule has 8 nitrogen and oxygen atoms in total. The van der Waals surface area contributed by atoms with Gasteiger partial charge >= 0.3 is 6.09 Å². The van der Waals surface area contributed by atoms with E-state index in [1.165, 1.54) is 36.7 Å². The van der Waals surface area contributed by atoms with Gasteiger partial charge in [0.2, 0.25) is 5.95 Å². The number of carbonyl (C=O) groups is 2. The molecule has 1 aliphatic heterocycles. The molecule has 2 aliphatic rings. The lowest BCUT2D eigenvalue weighted by molar-refractivity contribution is -0.120. The fraction of sp³-hybridized carbons (Fsp3) is 0.310. The molecule has 1 amide bonds. The summed E-state index contributed by atoms with van der Waals surface area (Å²) in [6.07, 6.45) is 3.03. The quantitative estimate of drug-likeness (QED) is 0.255. The van der Waals surface area contributed by atoms with Crippen LogP contribution in [-0.4, -0.2) is 36.9 Å². The topological polar surface area (TPSA) is 82.2 Å². The Kier molecular flexibility index (Phi) is 5.71. The lowest BCUT2D eigenvalue weighted by Gasteiger charge is -2.18. The summed E-state index contributed by atoms with van der Waals surface area (Å²) in [5.74, 6) is -5.59. The number of nitrogens with zero attached hydrogens (tertiary/aromatic N) is 5. The van der Waals surface area contributed by atoms with Gasteiger partial charge in [0.15, 0.2) is 11.6 Å². The van der Waals surface area contributed by atoms with Crippen LogP contribution in [0.2, 0.25) is 0 Å². The molecular formula is C29H25F4N5O3. The van der Waals surface area contributed by atoms with Crippen molar-refractivity contribution in [1.29, 1.82) is 0 Å². The van der Waals surface area contributed by atoms with Gasteiger partial charge in [0.05, 0.1) is 11.9 Å². The second-order valence-corrected chi connectivity index (χ2v) is 11.3. The summed E-state index contributed by atoms with van der Waals surface area (Å²) >= 11 is 0. The first kappa shape index (κ1) is 26.7. The summed E-state index contributed by atoms with van der Waals surface area (Å²) in [5.41, 5.74) is -1.43. The van der Waals surface area contributed by atoms with Gasteiger partial charge in [-0.3, -0.25) is 9.36 Å². The number of rotatable bonds is 4. The van der Waals surface area contributed by atoms with Crippen molar-refractivity contribution in [1.82, 2.24) is 19.3 Å². The van der Waals surface area contributed by atoms with E-state index in [-0.39, 0.29) is 17.1 Å². The number of alkyl halides is 2. The highest BCUT2D eigenvalue weighted by atomic mass is 19.3. The highest BCUT2D eigenvalue weighted by Gasteiger charge is 2.62. The second kappa shape index (κ2) is 8.76. The molecule has 0 bridgehead atoms. The van der Waals surface area contributed by atoms with E-state index in [4.69, 9.17) is 4.74 Å². The molecule has 2 aromatic carbocycles. The van der Waals surface area contributed by atoms with Crippen LogP contribution in [-0.2, 0) is 21.0 Å². The number of hydrogen-bond acceptors (Lipinski definition) is 5. The minimum atomic E-state index is -3.05. The summed E-state index contributed by atoms with van der Waals surface area (Å²) in [6, 6.07) is 8.78. The molecule has 0 N–H and O–H groups in total. The SMILES string of the molecule is CC(C)(C)OC(=O)n1ccc(-c2cnc3n2C2(CC2)C(=O)N3c2c(F)cc(-c3ccc(C(C)(F)F)cc3)cc2F)n1. The Labute approximate surface area is 232 Å². The first-order chi connectivity index (χ1) is 19.2. The fourth-order valence-electron chi connectivity index (χ4n) is 5.03. The molecule has 3 heterocycles. The molecular weight excluding hydrogens is 542 g/mol. The van der Waals surface area contributed by atoms with Crippen LogP contribution in [0.15, 0.2) is 54.9 Å². The molecule has 0 radical (unpaired) electrons. The molecule has 1 fully saturated rings. The number of anilines is 2. The van der Waals surface area contributed by atoms with Crippen LogP contribution in [0, 0.1) is 11.6 Å². The third kappa shape index (κ3) is 4.37. The summed E-state index contributed by atoms with van der Waals surface area (Å²) < 4.78 is 66.3. The number of hydrogen-bond donors (Lipinski definition) is 0. The third-order valence-electron chi connectivity index (χ3n) is 7.09. The van der Waals surface area contributed by atoms with Crippen molar-refractivity contribution < 1.29 is 31.9 Å². The van der Waals surface area contributed by atoms with Crippen molar-refractivity contribution in [2.45, 2.75) is 57.6 Å². The Hall–Kier alpha value is -4.48. The van der Waals surface area contributed by atoms with E-state index >= 15 is 8.78 Å². The first-order valence-electron chi connectivity index (χ1n) is 12.9. The van der Waals surface area contributed by atoms with Crippen molar-refractivity contribution in [2.75, 3.05) is 4.90 Å². The van der Waals surface area contributed by atoms with Crippen molar-refractivity contribution in [3.8, 4) is 22.5 Å². The zero-order valence-electron chi connectivity index (χ0n) is 22.6. The van der Waals surface area contributed by atoms with Crippen LogP contribution in [0.3, 0.4) is 0 Å². The summed E-state index contributed by atoms with van der Waals surface area (Å²) in [4.78, 5) is 31.3. The summed E-state index contributed by atoms with van der Waals surface area (Å²) in [6.45, 7) is 5.94. The molecule has 0 atom stereocenters. The van der Waals surface area contributed by atoms with Crippen molar-refractivity contribution >= 4 is 23.6 Å². The van der Waals surface area contributed by atoms with E-state index in [9.17, 15) is 18.4 Å². The largest absolute Gasteiger partial charge is 0.442 e. The minimum absolute atomic E-state index is 0.0226. The number of carbonyl (C=O) groups excluding carboxylic acids is 2. The zero-order chi connectivity index (χ0) is 29.5. The molecule has 0 unspecified atom stereocenters. The second-order valence-electron chi connectivity index (χ2n) is 11.3. The van der Waals surface area contributed by atoms with E-state index < -0.39 is 46.4 Å². The van der Waals surface area contributed by atoms with E-state index in [2.05, 4.69) is 10.1 Å². The van der Waals surface area contributed by atoms with Gasteiger partial charge in [0.25, 0.3) is 11.8 Å². The van der Waals surface area contributed by atoms with Gasteiger partial charge in [-0.2, -0.15) is 9.78 Å². The average molecular weight is 568 g/mol. The number of aromatic nitrogens is 4. The van der Waals surface area contributed by atoms with E-state index in [1.807, 2.05) is 0 Å². The third-order valence-corrected chi connectivity index (χ3v) is 7.09. The molecule has 1 spiro atoms. The van der Waals surface area contributed by atoms with Crippen LogP contribution in [0.25, 0.3) is 22.5 Å². The molecule has 6 rings (SSSR count). The van der Waals surface area contributed by atoms with E-state index in [0.29, 0.717) is 29.8 Å². The van der Waals surface area contributed by atoms with Crippen LogP contribution in [0.5, 0.6) is 0 Å². The number of benzene rings is 2. The van der Waals surface area contributed by atoms with E-state index in [1.54, 1.807) is 31.4 Å². The molecule has 12 heteroatoms. The van der Waals surface area contributed by atoms with Crippen molar-refractivity contribution in [3.63, 3.8) is 0 Å². The highest BCUT2D eigenvalue weighted by Crippen LogP contribution is 2.56. The minimum Gasteiger partial charge on any atom is -0.442 e. The average Bonchev–Trinajstić information content (AvgIpc) is 3.23. The first-order valence-corrected chi connectivity index (χ1v) is 12.9. The van der Waals surface area contributed by atoms with Crippen molar-refractivity contribution in [3.05, 3.63) is 72.1 Å². The zero-order valence-corrected chi connectivity index (χ0v) is 22.6. The molecule has 212 valence electrons. The fourth-order valence-corrected chi connectivity index (χ4v) is 5.03. The van der Waals surface area contributed by atoms with Gasteiger partial charge in [-0.15, -0.1) is 0 Å². The molecule has 2 aromatic heterocycles. The van der Waals surface area contributed by atoms with E-state index in [0.717, 1.165) is 28.6 Å². The number of fused-ring (bicyclic) bond motifs is 2. The Bertz CT molecular complexity index is 1690. The Morgan fingerprint density at radius 1 is 0.976 bits per heavy atom. The van der Waals surface area contributed by atoms with Gasteiger partial charge in [-0.05, 0) is 62.9 Å². The Morgan fingerprint density at radius 2 is 1.61 bits per heavy atom. The van der Waals surface area contributed by atoms with Crippen LogP contribution >= 0.6 is 0 Å². The normalized spacial score (nSPS) is 15.9. The highest BCUT2D eigenvalue weighted by molar-refractivity contribution is 6.10. The molecule has 1 saturated carbocycles. The number of halogens is 4. The molecule has 1 aliphatic carbocycles. The lowest BCUT2D eigenvalue weighted by Crippen LogP contribution is -2.31. The monoisotopic (exact) mass is 567 g/mol. The van der Waals surface area contributed by atoms with Gasteiger partial charge in [-0.1, -0.05) is 24.3 Å². The maximum absolute atomic E-state index is 15.6. The smallest absolute Gasteiger partial charge is 0.435 e. The van der Waals surface area contributed by atoms with Crippen LogP contribution in [0.1, 0.15) is 46.1 Å². The summed E-state index contributed by atoms with van der Waals surface area (Å²) in [7, 11) is 0. The Balaban J connectivity index is 1.37. The van der Waals surface area contributed by atoms with Crippen LogP contribution in [0.4, 0.5) is 34.0 Å². The maximum Gasteiger partial charge on any atom is 0.435 e. The molecule has 0 saturated heterocycles. The van der Waals surface area contributed by atoms with Gasteiger partial charge in [-0.25, -0.2) is 32.2 Å². The van der Waals surface area contributed by atoms with Crippen LogP contribution < -0.4 is 4.90 Å². The predicted octanol–water partition coefficient (Wildman–Crippen LogP) is 6.75. The number of amides is 1. The Morgan fingerprint density at radius 3 is 2.17 bits per heavy atom. The number of imidazole rings is 1. The van der Waals surface area contributed by atoms with Gasteiger partial charge < -0.3 is 4.74 Å². The number of ether oxygens (including phenoxy) is 1. The standard InChI is InChI=1S/C29H25F4N5O3/c1-27(2,3)41-26(40)36-12-9-21(35-36)22-15-34-25-37(24(39)29(10-11-29)38(22)25)23-19(30)13-17(14-20(23)31)16-5-7-18(8-6-16)28(4,32)33/h5-9,12-15H,10-11H2,1-4H3. The van der Waals surface area contributed by atoms with Crippen molar-refractivity contribution in [2.24, 2.45) is 0 Å². The van der Waals surface area contributed by atoms with Gasteiger partial charge in [0.1, 0.15) is 22.5 Å². The molecule has 41 heavy (non-hydrogen) atoms. The van der Waals surface area contributed by atoms with Gasteiger partial charge in [0, 0.05) is 18.7 Å². The predicted molar refractivity (Wildman–Crippen MR) is 141 cm³/mol. The summed E-state index contributed by atoms with van der Waals surface area (Å²) in [5, 5.41) is 4.29. The molecule has 4 aromatic rings. The maximum atomic E-state index is 15.6. The lowest BCUT2D eigenvalue weighted by atomic mass is 10.0.